The topological polar surface area (TPSA) is 6.48 Å². The highest BCUT2D eigenvalue weighted by molar-refractivity contribution is 5.82. The summed E-state index contributed by atoms with van der Waals surface area (Å²) < 4.78 is 0. The van der Waals surface area contributed by atoms with Gasteiger partial charge in [-0.2, -0.15) is 0 Å². The van der Waals surface area contributed by atoms with Crippen LogP contribution < -0.4 is 4.90 Å². The van der Waals surface area contributed by atoms with Crippen LogP contribution in [0.5, 0.6) is 0 Å². The van der Waals surface area contributed by atoms with Crippen LogP contribution in [0.3, 0.4) is 0 Å². The molecule has 0 amide bonds. The lowest BCUT2D eigenvalue weighted by Crippen LogP contribution is -2.24. The standard InChI is InChI=1S/C46H36N2/c1-33-9-25-42(26-10-33)47(43-27-11-34(2)12-28-43)44-29-17-36(18-30-44)14-13-35-15-19-37(20-16-35)38-21-23-39(24-22-38)40-31-45-7-3-5-41-6-4-8-46(32-40)48(41)45/h3-32H,1-2H3/b14-13+. The Kier molecular flexibility index (Phi) is 7.68. The molecule has 0 saturated carbocycles. The normalized spacial score (nSPS) is 14.7. The third-order valence-electron chi connectivity index (χ3n) is 9.12. The van der Waals surface area contributed by atoms with Crippen LogP contribution in [0, 0.1) is 13.8 Å². The van der Waals surface area contributed by atoms with Crippen molar-refractivity contribution in [1.29, 1.82) is 0 Å². The first-order valence-corrected chi connectivity index (χ1v) is 16.5. The number of hydrogen-bond acceptors (Lipinski definition) is 2. The number of hydrogen-bond donors (Lipinski definition) is 0. The molecule has 0 radical (unpaired) electrons. The first-order valence-electron chi connectivity index (χ1n) is 16.5. The van der Waals surface area contributed by atoms with E-state index in [9.17, 15) is 0 Å². The molecule has 230 valence electrons. The van der Waals surface area contributed by atoms with Gasteiger partial charge in [-0.05, 0) is 120 Å². The van der Waals surface area contributed by atoms with Gasteiger partial charge < -0.3 is 9.80 Å². The van der Waals surface area contributed by atoms with E-state index in [4.69, 9.17) is 0 Å². The Labute approximate surface area is 283 Å². The fourth-order valence-electron chi connectivity index (χ4n) is 6.45. The van der Waals surface area contributed by atoms with Crippen LogP contribution in [-0.4, -0.2) is 4.90 Å². The smallest absolute Gasteiger partial charge is 0.0467 e. The average Bonchev–Trinajstić information content (AvgIpc) is 3.13. The summed E-state index contributed by atoms with van der Waals surface area (Å²) in [6.45, 7) is 4.25. The summed E-state index contributed by atoms with van der Waals surface area (Å²) in [4.78, 5) is 4.61. The van der Waals surface area contributed by atoms with Gasteiger partial charge >= 0.3 is 0 Å². The second kappa shape index (κ2) is 12.6. The summed E-state index contributed by atoms with van der Waals surface area (Å²) in [6, 6.07) is 43.9. The minimum Gasteiger partial charge on any atom is -0.311 e. The van der Waals surface area contributed by atoms with Crippen LogP contribution in [0.2, 0.25) is 0 Å². The van der Waals surface area contributed by atoms with Crippen LogP contribution >= 0.6 is 0 Å². The molecule has 3 aliphatic rings. The van der Waals surface area contributed by atoms with Gasteiger partial charge in [0.25, 0.3) is 0 Å². The third-order valence-corrected chi connectivity index (χ3v) is 9.12. The van der Waals surface area contributed by atoms with Gasteiger partial charge in [-0.15, -0.1) is 0 Å². The SMILES string of the molecule is Cc1ccc(N(c2ccc(C)cc2)c2ccc(/C=C/c3ccc(-c4ccc(C5=CC6=CC=CC7=CC=CC(=C5)N76)cc4)cc3)cc2)cc1. The highest BCUT2D eigenvalue weighted by Gasteiger charge is 2.23. The highest BCUT2D eigenvalue weighted by atomic mass is 15.2. The number of anilines is 3. The van der Waals surface area contributed by atoms with Crippen molar-refractivity contribution in [2.24, 2.45) is 0 Å². The molecular weight excluding hydrogens is 581 g/mol. The largest absolute Gasteiger partial charge is 0.311 e. The van der Waals surface area contributed by atoms with Gasteiger partial charge in [-0.3, -0.25) is 0 Å². The van der Waals surface area contributed by atoms with Crippen LogP contribution in [0.1, 0.15) is 27.8 Å². The van der Waals surface area contributed by atoms with Crippen molar-refractivity contribution in [2.75, 3.05) is 4.90 Å². The van der Waals surface area contributed by atoms with Gasteiger partial charge in [0.05, 0.1) is 0 Å². The third kappa shape index (κ3) is 5.92. The Morgan fingerprint density at radius 2 is 0.875 bits per heavy atom. The first kappa shape index (κ1) is 29.3. The molecule has 3 heterocycles. The van der Waals surface area contributed by atoms with Crippen molar-refractivity contribution in [3.8, 4) is 11.1 Å². The number of benzene rings is 5. The van der Waals surface area contributed by atoms with E-state index >= 15 is 0 Å². The second-order valence-electron chi connectivity index (χ2n) is 12.5. The molecule has 8 rings (SSSR count). The van der Waals surface area contributed by atoms with E-state index in [1.54, 1.807) is 0 Å². The van der Waals surface area contributed by atoms with Gasteiger partial charge in [0, 0.05) is 34.2 Å². The van der Waals surface area contributed by atoms with E-state index < -0.39 is 0 Å². The van der Waals surface area contributed by atoms with Gasteiger partial charge in [0.15, 0.2) is 0 Å². The zero-order valence-electron chi connectivity index (χ0n) is 27.2. The van der Waals surface area contributed by atoms with Crippen molar-refractivity contribution < 1.29 is 0 Å². The molecular formula is C46H36N2. The molecule has 2 nitrogen and oxygen atoms in total. The first-order chi connectivity index (χ1) is 23.6. The molecule has 0 saturated heterocycles. The van der Waals surface area contributed by atoms with Gasteiger partial charge in [-0.1, -0.05) is 120 Å². The van der Waals surface area contributed by atoms with Gasteiger partial charge in [0.2, 0.25) is 0 Å². The predicted molar refractivity (Wildman–Crippen MR) is 204 cm³/mol. The van der Waals surface area contributed by atoms with Crippen LogP contribution in [-0.2, 0) is 0 Å². The summed E-state index contributed by atoms with van der Waals surface area (Å²) in [5.41, 5.74) is 16.8. The van der Waals surface area contributed by atoms with Gasteiger partial charge in [0.1, 0.15) is 0 Å². The van der Waals surface area contributed by atoms with E-state index in [-0.39, 0.29) is 0 Å². The van der Waals surface area contributed by atoms with Crippen molar-refractivity contribution in [2.45, 2.75) is 13.8 Å². The molecule has 0 N–H and O–H groups in total. The van der Waals surface area contributed by atoms with Crippen LogP contribution in [0.4, 0.5) is 17.1 Å². The molecule has 0 spiro atoms. The zero-order chi connectivity index (χ0) is 32.5. The van der Waals surface area contributed by atoms with E-state index in [2.05, 4.69) is 206 Å². The Balaban J connectivity index is 0.965. The monoisotopic (exact) mass is 616 g/mol. The number of aryl methyl sites for hydroxylation is 2. The lowest BCUT2D eigenvalue weighted by atomic mass is 9.94. The Morgan fingerprint density at radius 3 is 1.44 bits per heavy atom. The lowest BCUT2D eigenvalue weighted by Gasteiger charge is -2.34. The predicted octanol–water partition coefficient (Wildman–Crippen LogP) is 12.1. The van der Waals surface area contributed by atoms with Gasteiger partial charge in [-0.25, -0.2) is 0 Å². The number of allylic oxidation sites excluding steroid dienone is 9. The van der Waals surface area contributed by atoms with Crippen LogP contribution in [0.15, 0.2) is 187 Å². The van der Waals surface area contributed by atoms with Crippen LogP contribution in [0.25, 0.3) is 28.9 Å². The van der Waals surface area contributed by atoms with E-state index in [1.165, 1.54) is 56.0 Å². The summed E-state index contributed by atoms with van der Waals surface area (Å²) in [7, 11) is 0. The molecule has 48 heavy (non-hydrogen) atoms. The van der Waals surface area contributed by atoms with Crippen molar-refractivity contribution in [3.63, 3.8) is 0 Å². The molecule has 0 atom stereocenters. The zero-order valence-corrected chi connectivity index (χ0v) is 27.2. The van der Waals surface area contributed by atoms with Crippen molar-refractivity contribution in [3.05, 3.63) is 215 Å². The second-order valence-corrected chi connectivity index (χ2v) is 12.5. The van der Waals surface area contributed by atoms with E-state index in [0.29, 0.717) is 0 Å². The van der Waals surface area contributed by atoms with Crippen molar-refractivity contribution in [1.82, 2.24) is 4.90 Å². The fourth-order valence-corrected chi connectivity index (χ4v) is 6.45. The fraction of sp³-hybridized carbons (Fsp3) is 0.0435. The molecule has 0 unspecified atom stereocenters. The van der Waals surface area contributed by atoms with Crippen molar-refractivity contribution >= 4 is 34.8 Å². The molecule has 0 aromatic heterocycles. The summed E-state index contributed by atoms with van der Waals surface area (Å²) in [6.07, 6.45) is 21.8. The molecule has 0 bridgehead atoms. The number of rotatable bonds is 7. The van der Waals surface area contributed by atoms with E-state index in [1.807, 2.05) is 0 Å². The maximum absolute atomic E-state index is 2.31. The average molecular weight is 617 g/mol. The summed E-state index contributed by atoms with van der Waals surface area (Å²) >= 11 is 0. The molecule has 5 aromatic carbocycles. The Hall–Kier alpha value is -6.12. The molecule has 3 aliphatic heterocycles. The maximum atomic E-state index is 2.31. The molecule has 2 heteroatoms. The minimum absolute atomic E-state index is 1.13. The summed E-state index contributed by atoms with van der Waals surface area (Å²) in [5, 5.41) is 0. The Bertz CT molecular complexity index is 2140. The highest BCUT2D eigenvalue weighted by Crippen LogP contribution is 2.38. The Morgan fingerprint density at radius 1 is 0.438 bits per heavy atom. The maximum Gasteiger partial charge on any atom is 0.0467 e. The minimum atomic E-state index is 1.13. The molecule has 5 aromatic rings. The molecule has 0 fully saturated rings. The van der Waals surface area contributed by atoms with E-state index in [0.717, 1.165) is 22.6 Å². The molecule has 0 aliphatic carbocycles. The summed E-state index contributed by atoms with van der Waals surface area (Å²) in [5.74, 6) is 0. The lowest BCUT2D eigenvalue weighted by molar-refractivity contribution is 0.564. The number of nitrogens with zero attached hydrogens (tertiary/aromatic N) is 2. The quantitative estimate of drug-likeness (QED) is 0.168.